The number of hydrogen-bond donors (Lipinski definition) is 1. The molecule has 1 saturated carbocycles. The van der Waals surface area contributed by atoms with Crippen molar-refractivity contribution in [2.24, 2.45) is 10.4 Å². The van der Waals surface area contributed by atoms with Crippen LogP contribution in [-0.2, 0) is 4.74 Å². The molecule has 1 aliphatic carbocycles. The molecule has 1 unspecified atom stereocenters. The normalized spacial score (nSPS) is 33.0. The minimum atomic E-state index is 0. The maximum Gasteiger partial charge on any atom is 0.193 e. The van der Waals surface area contributed by atoms with Crippen LogP contribution in [0.15, 0.2) is 4.99 Å². The fourth-order valence-electron chi connectivity index (χ4n) is 2.79. The monoisotopic (exact) mass is 351 g/mol. The Balaban J connectivity index is 0.00000108. The van der Waals surface area contributed by atoms with Crippen LogP contribution >= 0.6 is 24.0 Å². The zero-order chi connectivity index (χ0) is 11.0. The molecule has 3 rings (SSSR count). The summed E-state index contributed by atoms with van der Waals surface area (Å²) in [6.45, 7) is 4.15. The van der Waals surface area contributed by atoms with Gasteiger partial charge in [-0.05, 0) is 25.7 Å². The summed E-state index contributed by atoms with van der Waals surface area (Å²) in [7, 11) is 1.89. The van der Waals surface area contributed by atoms with Gasteiger partial charge >= 0.3 is 0 Å². The standard InChI is InChI=1S/C12H21N3O.HI/c1-13-11(14-10-2-3-10)15-6-4-12(8-15)5-7-16-9-12;/h10H,2-9H2,1H3,(H,13,14);1H. The van der Waals surface area contributed by atoms with Crippen LogP contribution in [0.1, 0.15) is 25.7 Å². The topological polar surface area (TPSA) is 36.9 Å². The van der Waals surface area contributed by atoms with Gasteiger partial charge in [-0.25, -0.2) is 0 Å². The van der Waals surface area contributed by atoms with Crippen molar-refractivity contribution in [3.63, 3.8) is 0 Å². The highest BCUT2D eigenvalue weighted by Crippen LogP contribution is 2.38. The molecule has 2 saturated heterocycles. The summed E-state index contributed by atoms with van der Waals surface area (Å²) in [4.78, 5) is 6.81. The highest BCUT2D eigenvalue weighted by Gasteiger charge is 2.42. The van der Waals surface area contributed by atoms with E-state index in [2.05, 4.69) is 15.2 Å². The van der Waals surface area contributed by atoms with Gasteiger partial charge in [-0.15, -0.1) is 24.0 Å². The number of likely N-dealkylation sites (tertiary alicyclic amines) is 1. The molecule has 5 heteroatoms. The average Bonchev–Trinajstić information content (AvgIpc) is 2.86. The molecule has 1 atom stereocenters. The van der Waals surface area contributed by atoms with Crippen LogP contribution in [0.4, 0.5) is 0 Å². The van der Waals surface area contributed by atoms with Crippen molar-refractivity contribution in [2.75, 3.05) is 33.4 Å². The van der Waals surface area contributed by atoms with Crippen LogP contribution in [-0.4, -0.2) is 50.3 Å². The van der Waals surface area contributed by atoms with Crippen LogP contribution in [0.2, 0.25) is 0 Å². The Morgan fingerprint density at radius 2 is 2.24 bits per heavy atom. The maximum atomic E-state index is 5.55. The molecule has 17 heavy (non-hydrogen) atoms. The summed E-state index contributed by atoms with van der Waals surface area (Å²) in [5, 5.41) is 3.52. The molecular formula is C12H22IN3O. The number of guanidine groups is 1. The number of aliphatic imine (C=N–C) groups is 1. The number of hydrogen-bond acceptors (Lipinski definition) is 2. The minimum Gasteiger partial charge on any atom is -0.381 e. The van der Waals surface area contributed by atoms with Crippen LogP contribution in [0, 0.1) is 5.41 Å². The van der Waals surface area contributed by atoms with E-state index in [-0.39, 0.29) is 24.0 Å². The first kappa shape index (κ1) is 13.4. The van der Waals surface area contributed by atoms with Gasteiger partial charge in [-0.3, -0.25) is 4.99 Å². The second-order valence-corrected chi connectivity index (χ2v) is 5.44. The summed E-state index contributed by atoms with van der Waals surface area (Å²) >= 11 is 0. The summed E-state index contributed by atoms with van der Waals surface area (Å²) in [5.74, 6) is 1.10. The molecule has 1 N–H and O–H groups in total. The van der Waals surface area contributed by atoms with Gasteiger partial charge in [0.1, 0.15) is 0 Å². The van der Waals surface area contributed by atoms with Crippen molar-refractivity contribution >= 4 is 29.9 Å². The molecule has 3 fully saturated rings. The molecule has 2 aliphatic heterocycles. The lowest BCUT2D eigenvalue weighted by Crippen LogP contribution is -2.42. The van der Waals surface area contributed by atoms with Gasteiger partial charge in [0, 0.05) is 38.2 Å². The zero-order valence-electron chi connectivity index (χ0n) is 10.4. The van der Waals surface area contributed by atoms with E-state index in [0.717, 1.165) is 32.3 Å². The Hall–Kier alpha value is -0.0400. The van der Waals surface area contributed by atoms with Crippen LogP contribution in [0.5, 0.6) is 0 Å². The van der Waals surface area contributed by atoms with E-state index in [1.165, 1.54) is 25.7 Å². The Kier molecular flexibility index (Phi) is 4.18. The van der Waals surface area contributed by atoms with Gasteiger partial charge in [0.2, 0.25) is 0 Å². The lowest BCUT2D eigenvalue weighted by atomic mass is 9.87. The fraction of sp³-hybridized carbons (Fsp3) is 0.917. The van der Waals surface area contributed by atoms with Gasteiger partial charge in [0.25, 0.3) is 0 Å². The summed E-state index contributed by atoms with van der Waals surface area (Å²) < 4.78 is 5.55. The molecular weight excluding hydrogens is 329 g/mol. The highest BCUT2D eigenvalue weighted by molar-refractivity contribution is 14.0. The molecule has 0 radical (unpaired) electrons. The molecule has 1 spiro atoms. The fourth-order valence-corrected chi connectivity index (χ4v) is 2.79. The maximum absolute atomic E-state index is 5.55. The third kappa shape index (κ3) is 2.86. The minimum absolute atomic E-state index is 0. The number of nitrogens with zero attached hydrogens (tertiary/aromatic N) is 2. The molecule has 0 aromatic heterocycles. The van der Waals surface area contributed by atoms with Crippen molar-refractivity contribution in [2.45, 2.75) is 31.7 Å². The summed E-state index contributed by atoms with van der Waals surface area (Å²) in [6, 6.07) is 0.690. The SMILES string of the molecule is CN=C(NC1CC1)N1CCC2(CCOC2)C1.I. The lowest BCUT2D eigenvalue weighted by molar-refractivity contribution is 0.156. The van der Waals surface area contributed by atoms with Crippen molar-refractivity contribution in [1.29, 1.82) is 0 Å². The van der Waals surface area contributed by atoms with Crippen molar-refractivity contribution in [1.82, 2.24) is 10.2 Å². The Bertz CT molecular complexity index is 298. The van der Waals surface area contributed by atoms with E-state index >= 15 is 0 Å². The molecule has 2 heterocycles. The third-order valence-corrected chi connectivity index (χ3v) is 4.05. The quantitative estimate of drug-likeness (QED) is 0.442. The van der Waals surface area contributed by atoms with Crippen molar-refractivity contribution in [3.8, 4) is 0 Å². The van der Waals surface area contributed by atoms with Crippen molar-refractivity contribution in [3.05, 3.63) is 0 Å². The number of rotatable bonds is 1. The van der Waals surface area contributed by atoms with Gasteiger partial charge in [-0.2, -0.15) is 0 Å². The molecule has 0 aromatic rings. The second kappa shape index (κ2) is 5.30. The van der Waals surface area contributed by atoms with E-state index in [0.29, 0.717) is 11.5 Å². The predicted octanol–water partition coefficient (Wildman–Crippen LogP) is 1.45. The molecule has 0 amide bonds. The van der Waals surface area contributed by atoms with E-state index in [1.807, 2.05) is 7.05 Å². The summed E-state index contributed by atoms with van der Waals surface area (Å²) in [5.41, 5.74) is 0.432. The van der Waals surface area contributed by atoms with Crippen LogP contribution < -0.4 is 5.32 Å². The van der Waals surface area contributed by atoms with Crippen LogP contribution in [0.3, 0.4) is 0 Å². The van der Waals surface area contributed by atoms with Gasteiger partial charge < -0.3 is 15.0 Å². The van der Waals surface area contributed by atoms with Gasteiger partial charge in [0.15, 0.2) is 5.96 Å². The number of nitrogens with one attached hydrogen (secondary N) is 1. The first-order valence-electron chi connectivity index (χ1n) is 6.37. The third-order valence-electron chi connectivity index (χ3n) is 4.05. The van der Waals surface area contributed by atoms with E-state index < -0.39 is 0 Å². The van der Waals surface area contributed by atoms with E-state index in [1.54, 1.807) is 0 Å². The Morgan fingerprint density at radius 3 is 2.82 bits per heavy atom. The molecule has 4 nitrogen and oxygen atoms in total. The zero-order valence-corrected chi connectivity index (χ0v) is 12.8. The highest BCUT2D eigenvalue weighted by atomic mass is 127. The molecule has 98 valence electrons. The molecule has 0 bridgehead atoms. The predicted molar refractivity (Wildman–Crippen MR) is 79.0 cm³/mol. The first-order valence-corrected chi connectivity index (χ1v) is 6.37. The second-order valence-electron chi connectivity index (χ2n) is 5.44. The van der Waals surface area contributed by atoms with Crippen molar-refractivity contribution < 1.29 is 4.74 Å². The van der Waals surface area contributed by atoms with E-state index in [4.69, 9.17) is 4.74 Å². The van der Waals surface area contributed by atoms with Gasteiger partial charge in [0.05, 0.1) is 6.61 Å². The summed E-state index contributed by atoms with van der Waals surface area (Å²) in [6.07, 6.45) is 5.10. The smallest absolute Gasteiger partial charge is 0.193 e. The lowest BCUT2D eigenvalue weighted by Gasteiger charge is -2.24. The number of halogens is 1. The van der Waals surface area contributed by atoms with Crippen LogP contribution in [0.25, 0.3) is 0 Å². The Morgan fingerprint density at radius 1 is 1.41 bits per heavy atom. The first-order chi connectivity index (χ1) is 7.81. The molecule has 3 aliphatic rings. The Labute approximate surface area is 120 Å². The molecule has 0 aromatic carbocycles. The van der Waals surface area contributed by atoms with Gasteiger partial charge in [-0.1, -0.05) is 0 Å². The number of ether oxygens (including phenoxy) is 1. The largest absolute Gasteiger partial charge is 0.381 e. The average molecular weight is 351 g/mol. The van der Waals surface area contributed by atoms with E-state index in [9.17, 15) is 0 Å².